The molecular weight excluding hydrogens is 432 g/mol. The monoisotopic (exact) mass is 466 g/mol. The highest BCUT2D eigenvalue weighted by molar-refractivity contribution is 5.67. The topological polar surface area (TPSA) is 60.5 Å². The van der Waals surface area contributed by atoms with E-state index in [1.54, 1.807) is 0 Å². The fourth-order valence-electron chi connectivity index (χ4n) is 7.01. The van der Waals surface area contributed by atoms with E-state index in [2.05, 4.69) is 40.7 Å². The molecule has 3 aliphatic heterocycles. The maximum Gasteiger partial charge on any atom is 0.303 e. The van der Waals surface area contributed by atoms with Gasteiger partial charge in [0.15, 0.2) is 17.6 Å². The zero-order valence-corrected chi connectivity index (χ0v) is 19.9. The van der Waals surface area contributed by atoms with Gasteiger partial charge in [-0.15, -0.1) is 6.58 Å². The Morgan fingerprint density at radius 1 is 1.26 bits per heavy atom. The predicted octanol–water partition coefficient (Wildman–Crippen LogP) is 2.33. The highest BCUT2D eigenvalue weighted by atomic mass is 16.6. The van der Waals surface area contributed by atoms with Crippen LogP contribution in [0.2, 0.25) is 0 Å². The van der Waals surface area contributed by atoms with Crippen LogP contribution in [0.3, 0.4) is 0 Å². The zero-order chi connectivity index (χ0) is 23.3. The first-order valence-electron chi connectivity index (χ1n) is 12.6. The molecule has 1 aromatic carbocycles. The van der Waals surface area contributed by atoms with Crippen molar-refractivity contribution in [3.63, 3.8) is 0 Å². The van der Waals surface area contributed by atoms with Crippen LogP contribution in [0.4, 0.5) is 0 Å². The number of carbonyl (C=O) groups is 1. The van der Waals surface area contributed by atoms with Crippen LogP contribution >= 0.6 is 0 Å². The molecule has 2 bridgehead atoms. The summed E-state index contributed by atoms with van der Waals surface area (Å²) >= 11 is 0. The third-order valence-corrected chi connectivity index (χ3v) is 8.39. The molecule has 0 amide bonds. The molecule has 7 heteroatoms. The highest BCUT2D eigenvalue weighted by Gasteiger charge is 2.65. The third-order valence-electron chi connectivity index (χ3n) is 8.39. The fraction of sp³-hybridized carbons (Fsp3) is 0.593. The van der Waals surface area contributed by atoms with Gasteiger partial charge in [-0.05, 0) is 37.1 Å². The molecule has 3 heterocycles. The molecule has 182 valence electrons. The lowest BCUT2D eigenvalue weighted by molar-refractivity contribution is -0.152. The standard InChI is InChI=1S/C27H34N2O5/c1-3-9-29-10-8-27-20-5-7-23(33-18(2)30)26(27)34-25-22(6-4-19(24(25)27)17-21(20)29)32-16-13-28-11-14-31-15-12-28/h3-7,20-21,23,26H,1,8-17H2,2H3/t20-,21+,23-,26-,27-/m0/s1. The molecule has 6 rings (SSSR count). The number of nitrogens with zero attached hydrogens (tertiary/aromatic N) is 2. The Labute approximate surface area is 201 Å². The van der Waals surface area contributed by atoms with Crippen LogP contribution in [0.1, 0.15) is 24.5 Å². The number of likely N-dealkylation sites (tertiary alicyclic amines) is 1. The van der Waals surface area contributed by atoms with Gasteiger partial charge >= 0.3 is 5.97 Å². The lowest BCUT2D eigenvalue weighted by Gasteiger charge is -2.57. The van der Waals surface area contributed by atoms with Crippen LogP contribution in [-0.2, 0) is 26.1 Å². The minimum absolute atomic E-state index is 0.191. The SMILES string of the molecule is C=CCN1CC[C@]23c4c5ccc(OCCN6CCOCC6)c4O[C@H]2[C@@H](OC(C)=O)C=C[C@H]3[C@H]1C5. The number of morpholine rings is 1. The van der Waals surface area contributed by atoms with Gasteiger partial charge in [0, 0.05) is 56.0 Å². The van der Waals surface area contributed by atoms with E-state index in [1.165, 1.54) is 18.1 Å². The van der Waals surface area contributed by atoms with Crippen molar-refractivity contribution in [3.05, 3.63) is 48.1 Å². The van der Waals surface area contributed by atoms with E-state index >= 15 is 0 Å². The smallest absolute Gasteiger partial charge is 0.303 e. The van der Waals surface area contributed by atoms with Crippen LogP contribution < -0.4 is 9.47 Å². The Morgan fingerprint density at radius 2 is 2.12 bits per heavy atom. The maximum atomic E-state index is 11.9. The highest BCUT2D eigenvalue weighted by Crippen LogP contribution is 2.62. The fourth-order valence-corrected chi connectivity index (χ4v) is 7.01. The molecule has 1 aromatic rings. The summed E-state index contributed by atoms with van der Waals surface area (Å²) in [6.07, 6.45) is 7.67. The molecule has 0 saturated carbocycles. The minimum atomic E-state index is -0.389. The molecule has 2 saturated heterocycles. The number of ether oxygens (including phenoxy) is 4. The number of esters is 1. The summed E-state index contributed by atoms with van der Waals surface area (Å²) in [4.78, 5) is 16.9. The second-order valence-corrected chi connectivity index (χ2v) is 10.1. The van der Waals surface area contributed by atoms with Gasteiger partial charge in [0.25, 0.3) is 0 Å². The van der Waals surface area contributed by atoms with Gasteiger partial charge in [0.05, 0.1) is 13.2 Å². The van der Waals surface area contributed by atoms with Gasteiger partial charge in [-0.1, -0.05) is 18.2 Å². The minimum Gasteiger partial charge on any atom is -0.488 e. The largest absolute Gasteiger partial charge is 0.488 e. The molecule has 5 aliphatic rings. The lowest BCUT2D eigenvalue weighted by atomic mass is 9.53. The molecular formula is C27H34N2O5. The van der Waals surface area contributed by atoms with E-state index in [-0.39, 0.29) is 23.6 Å². The van der Waals surface area contributed by atoms with Gasteiger partial charge in [-0.2, -0.15) is 0 Å². The normalized spacial score (nSPS) is 33.7. The van der Waals surface area contributed by atoms with Crippen molar-refractivity contribution >= 4 is 5.97 Å². The average molecular weight is 467 g/mol. The van der Waals surface area contributed by atoms with Crippen molar-refractivity contribution in [2.24, 2.45) is 5.92 Å². The molecule has 0 N–H and O–H groups in total. The Hall–Kier alpha value is -2.35. The molecule has 2 aliphatic carbocycles. The first-order chi connectivity index (χ1) is 16.6. The van der Waals surface area contributed by atoms with Crippen molar-refractivity contribution in [2.45, 2.75) is 43.4 Å². The molecule has 2 fully saturated rings. The quantitative estimate of drug-likeness (QED) is 0.452. The number of benzene rings is 1. The Morgan fingerprint density at radius 3 is 2.91 bits per heavy atom. The summed E-state index contributed by atoms with van der Waals surface area (Å²) in [6, 6.07) is 4.69. The van der Waals surface area contributed by atoms with E-state index in [0.29, 0.717) is 18.6 Å². The lowest BCUT2D eigenvalue weighted by Crippen LogP contribution is -2.65. The Bertz CT molecular complexity index is 1000. The van der Waals surface area contributed by atoms with E-state index < -0.39 is 0 Å². The first-order valence-corrected chi connectivity index (χ1v) is 12.6. The number of hydrogen-bond donors (Lipinski definition) is 0. The van der Waals surface area contributed by atoms with Crippen molar-refractivity contribution in [1.82, 2.24) is 9.80 Å². The van der Waals surface area contributed by atoms with E-state index in [9.17, 15) is 4.79 Å². The van der Waals surface area contributed by atoms with Gasteiger partial charge in [-0.3, -0.25) is 14.6 Å². The second kappa shape index (κ2) is 8.70. The van der Waals surface area contributed by atoms with Crippen LogP contribution in [-0.4, -0.2) is 86.6 Å². The molecule has 5 atom stereocenters. The molecule has 0 radical (unpaired) electrons. The molecule has 7 nitrogen and oxygen atoms in total. The zero-order valence-electron chi connectivity index (χ0n) is 19.9. The van der Waals surface area contributed by atoms with Crippen LogP contribution in [0.5, 0.6) is 11.5 Å². The molecule has 34 heavy (non-hydrogen) atoms. The summed E-state index contributed by atoms with van der Waals surface area (Å²) in [5, 5.41) is 0. The molecule has 1 spiro atoms. The number of piperidine rings is 1. The number of carbonyl (C=O) groups excluding carboxylic acids is 1. The summed E-state index contributed by atoms with van der Waals surface area (Å²) in [7, 11) is 0. The predicted molar refractivity (Wildman–Crippen MR) is 127 cm³/mol. The maximum absolute atomic E-state index is 11.9. The van der Waals surface area contributed by atoms with Crippen molar-refractivity contribution < 1.29 is 23.7 Å². The summed E-state index contributed by atoms with van der Waals surface area (Å²) in [5.74, 6) is 1.71. The van der Waals surface area contributed by atoms with Crippen LogP contribution in [0.25, 0.3) is 0 Å². The van der Waals surface area contributed by atoms with Gasteiger partial charge in [-0.25, -0.2) is 0 Å². The Kier molecular flexibility index (Phi) is 5.66. The van der Waals surface area contributed by atoms with Gasteiger partial charge in [0.2, 0.25) is 0 Å². The molecule has 0 unspecified atom stereocenters. The van der Waals surface area contributed by atoms with Crippen LogP contribution in [0.15, 0.2) is 36.9 Å². The van der Waals surface area contributed by atoms with Crippen LogP contribution in [0, 0.1) is 5.92 Å². The summed E-state index contributed by atoms with van der Waals surface area (Å²) < 4.78 is 24.3. The average Bonchev–Trinajstić information content (AvgIpc) is 3.18. The number of hydrogen-bond acceptors (Lipinski definition) is 7. The number of rotatable bonds is 7. The van der Waals surface area contributed by atoms with Crippen molar-refractivity contribution in [1.29, 1.82) is 0 Å². The van der Waals surface area contributed by atoms with E-state index in [0.717, 1.165) is 70.3 Å². The Balaban J connectivity index is 1.34. The first kappa shape index (κ1) is 22.1. The second-order valence-electron chi connectivity index (χ2n) is 10.1. The summed E-state index contributed by atoms with van der Waals surface area (Å²) in [5.41, 5.74) is 2.44. The van der Waals surface area contributed by atoms with Gasteiger partial charge in [0.1, 0.15) is 12.7 Å². The van der Waals surface area contributed by atoms with Crippen molar-refractivity contribution in [2.75, 3.05) is 52.5 Å². The third kappa shape index (κ3) is 3.40. The van der Waals surface area contributed by atoms with E-state index in [4.69, 9.17) is 18.9 Å². The molecule has 0 aromatic heterocycles. The van der Waals surface area contributed by atoms with Gasteiger partial charge < -0.3 is 18.9 Å². The van der Waals surface area contributed by atoms with Crippen molar-refractivity contribution in [3.8, 4) is 11.5 Å². The van der Waals surface area contributed by atoms with E-state index in [1.807, 2.05) is 6.08 Å². The summed E-state index contributed by atoms with van der Waals surface area (Å²) in [6.45, 7) is 12.3.